The number of imide groups is 1. The van der Waals surface area contributed by atoms with Crippen molar-refractivity contribution in [2.75, 3.05) is 13.2 Å². The lowest BCUT2D eigenvalue weighted by atomic mass is 10.1. The van der Waals surface area contributed by atoms with E-state index in [1.807, 2.05) is 49.4 Å². The summed E-state index contributed by atoms with van der Waals surface area (Å²) in [5.74, 6) is 1.41. The van der Waals surface area contributed by atoms with E-state index < -0.39 is 0 Å². The Kier molecular flexibility index (Phi) is 7.61. The van der Waals surface area contributed by atoms with Crippen molar-refractivity contribution in [2.24, 2.45) is 5.92 Å². The molecule has 0 spiro atoms. The van der Waals surface area contributed by atoms with Crippen LogP contribution < -0.4 is 9.47 Å². The lowest BCUT2D eigenvalue weighted by Gasteiger charge is -2.14. The Labute approximate surface area is 189 Å². The maximum atomic E-state index is 12.8. The van der Waals surface area contributed by atoms with Crippen LogP contribution in [-0.2, 0) is 11.3 Å². The number of carbonyl (C=O) groups is 2. The number of rotatable bonds is 8. The Morgan fingerprint density at radius 2 is 1.90 bits per heavy atom. The maximum Gasteiger partial charge on any atom is 0.293 e. The predicted octanol–water partition coefficient (Wildman–Crippen LogP) is 6.12. The van der Waals surface area contributed by atoms with E-state index in [2.05, 4.69) is 29.8 Å². The molecule has 5 nitrogen and oxygen atoms in total. The van der Waals surface area contributed by atoms with Gasteiger partial charge in [-0.2, -0.15) is 0 Å². The summed E-state index contributed by atoms with van der Waals surface area (Å²) in [6, 6.07) is 13.1. The van der Waals surface area contributed by atoms with Gasteiger partial charge in [0.1, 0.15) is 0 Å². The van der Waals surface area contributed by atoms with Gasteiger partial charge in [0.15, 0.2) is 11.5 Å². The molecule has 2 amide bonds. The van der Waals surface area contributed by atoms with Gasteiger partial charge in [0.25, 0.3) is 11.1 Å². The predicted molar refractivity (Wildman–Crippen MR) is 124 cm³/mol. The molecule has 158 valence electrons. The molecule has 3 rings (SSSR count). The van der Waals surface area contributed by atoms with Gasteiger partial charge in [-0.3, -0.25) is 14.5 Å². The summed E-state index contributed by atoms with van der Waals surface area (Å²) in [4.78, 5) is 26.9. The first-order valence-electron chi connectivity index (χ1n) is 9.76. The Morgan fingerprint density at radius 3 is 2.60 bits per heavy atom. The summed E-state index contributed by atoms with van der Waals surface area (Å²) < 4.78 is 12.4. The van der Waals surface area contributed by atoms with Crippen LogP contribution in [-0.4, -0.2) is 29.3 Å². The minimum absolute atomic E-state index is 0.244. The van der Waals surface area contributed by atoms with Crippen molar-refractivity contribution in [3.8, 4) is 11.5 Å². The molecule has 0 radical (unpaired) electrons. The highest BCUT2D eigenvalue weighted by molar-refractivity contribution is 9.10. The SMILES string of the molecule is CCOc1cc(/C=C2\SC(=O)N(Cc3cccc(Br)c3)C2=O)ccc1OCC(C)C. The van der Waals surface area contributed by atoms with Gasteiger partial charge in [-0.1, -0.05) is 48.0 Å². The van der Waals surface area contributed by atoms with Crippen LogP contribution in [0.1, 0.15) is 31.9 Å². The fourth-order valence-electron chi connectivity index (χ4n) is 2.86. The van der Waals surface area contributed by atoms with Gasteiger partial charge in [0.05, 0.1) is 24.7 Å². The molecule has 2 aromatic rings. The minimum atomic E-state index is -0.289. The van der Waals surface area contributed by atoms with E-state index in [-0.39, 0.29) is 17.7 Å². The zero-order chi connectivity index (χ0) is 21.7. The number of amides is 2. The molecule has 1 heterocycles. The molecule has 1 fully saturated rings. The summed E-state index contributed by atoms with van der Waals surface area (Å²) in [6.07, 6.45) is 1.72. The van der Waals surface area contributed by atoms with Crippen molar-refractivity contribution in [3.05, 3.63) is 63.0 Å². The third kappa shape index (κ3) is 5.67. The van der Waals surface area contributed by atoms with Crippen molar-refractivity contribution >= 4 is 44.9 Å². The number of hydrogen-bond acceptors (Lipinski definition) is 5. The van der Waals surface area contributed by atoms with Crippen LogP contribution in [0.25, 0.3) is 6.08 Å². The number of thioether (sulfide) groups is 1. The molecule has 1 aliphatic heterocycles. The number of benzene rings is 2. The number of halogens is 1. The fraction of sp³-hybridized carbons (Fsp3) is 0.304. The van der Waals surface area contributed by atoms with Crippen molar-refractivity contribution in [3.63, 3.8) is 0 Å². The average molecular weight is 490 g/mol. The van der Waals surface area contributed by atoms with Crippen LogP contribution in [0.15, 0.2) is 51.8 Å². The second-order valence-corrected chi connectivity index (χ2v) is 9.15. The Bertz CT molecular complexity index is 973. The molecule has 7 heteroatoms. The van der Waals surface area contributed by atoms with E-state index in [9.17, 15) is 9.59 Å². The van der Waals surface area contributed by atoms with Gasteiger partial charge < -0.3 is 9.47 Å². The summed E-state index contributed by atoms with van der Waals surface area (Å²) in [5.41, 5.74) is 1.67. The molecule has 30 heavy (non-hydrogen) atoms. The van der Waals surface area contributed by atoms with Crippen molar-refractivity contribution < 1.29 is 19.1 Å². The second kappa shape index (κ2) is 10.2. The van der Waals surface area contributed by atoms with Gasteiger partial charge in [0.2, 0.25) is 0 Å². The van der Waals surface area contributed by atoms with Gasteiger partial charge in [-0.05, 0) is 66.1 Å². The standard InChI is InChI=1S/C23H24BrNO4S/c1-4-28-20-11-16(8-9-19(20)29-14-15(2)3)12-21-22(26)25(23(27)30-21)13-17-6-5-7-18(24)10-17/h5-12,15H,4,13-14H2,1-3H3/b21-12-. The first-order valence-corrected chi connectivity index (χ1v) is 11.4. The van der Waals surface area contributed by atoms with E-state index in [1.54, 1.807) is 6.08 Å². The molecular formula is C23H24BrNO4S. The van der Waals surface area contributed by atoms with E-state index in [0.29, 0.717) is 35.5 Å². The highest BCUT2D eigenvalue weighted by atomic mass is 79.9. The summed E-state index contributed by atoms with van der Waals surface area (Å²) in [6.45, 7) is 7.41. The van der Waals surface area contributed by atoms with Gasteiger partial charge in [-0.25, -0.2) is 0 Å². The summed E-state index contributed by atoms with van der Waals surface area (Å²) >= 11 is 4.37. The molecule has 0 bridgehead atoms. The highest BCUT2D eigenvalue weighted by Gasteiger charge is 2.35. The first-order chi connectivity index (χ1) is 14.4. The van der Waals surface area contributed by atoms with Crippen LogP contribution in [0.3, 0.4) is 0 Å². The molecule has 0 aliphatic carbocycles. The second-order valence-electron chi connectivity index (χ2n) is 7.24. The van der Waals surface area contributed by atoms with Crippen molar-refractivity contribution in [2.45, 2.75) is 27.3 Å². The molecule has 1 saturated heterocycles. The summed E-state index contributed by atoms with van der Waals surface area (Å²) in [7, 11) is 0. The van der Waals surface area contributed by atoms with Crippen LogP contribution in [0.2, 0.25) is 0 Å². The van der Waals surface area contributed by atoms with Crippen molar-refractivity contribution in [1.29, 1.82) is 0 Å². The molecule has 0 atom stereocenters. The largest absolute Gasteiger partial charge is 0.490 e. The number of nitrogens with zero attached hydrogens (tertiary/aromatic N) is 1. The van der Waals surface area contributed by atoms with Gasteiger partial charge in [-0.15, -0.1) is 0 Å². The quantitative estimate of drug-likeness (QED) is 0.418. The Balaban J connectivity index is 1.79. The van der Waals surface area contributed by atoms with Crippen LogP contribution in [0, 0.1) is 5.92 Å². The number of carbonyl (C=O) groups excluding carboxylic acids is 2. The maximum absolute atomic E-state index is 12.8. The normalized spacial score (nSPS) is 15.4. The number of ether oxygens (including phenoxy) is 2. The highest BCUT2D eigenvalue weighted by Crippen LogP contribution is 2.35. The van der Waals surface area contributed by atoms with E-state index in [4.69, 9.17) is 9.47 Å². The van der Waals surface area contributed by atoms with Crippen LogP contribution >= 0.6 is 27.7 Å². The third-order valence-corrected chi connectivity index (χ3v) is 5.64. The topological polar surface area (TPSA) is 55.8 Å². The molecule has 0 unspecified atom stereocenters. The molecule has 0 N–H and O–H groups in total. The molecule has 0 aromatic heterocycles. The van der Waals surface area contributed by atoms with E-state index >= 15 is 0 Å². The summed E-state index contributed by atoms with van der Waals surface area (Å²) in [5, 5.41) is -0.270. The van der Waals surface area contributed by atoms with Gasteiger partial charge >= 0.3 is 0 Å². The smallest absolute Gasteiger partial charge is 0.293 e. The van der Waals surface area contributed by atoms with Crippen LogP contribution in [0.5, 0.6) is 11.5 Å². The molecule has 0 saturated carbocycles. The van der Waals surface area contributed by atoms with E-state index in [0.717, 1.165) is 27.4 Å². The zero-order valence-electron chi connectivity index (χ0n) is 17.2. The minimum Gasteiger partial charge on any atom is -0.490 e. The molecule has 2 aromatic carbocycles. The Morgan fingerprint density at radius 1 is 1.10 bits per heavy atom. The molecule has 1 aliphatic rings. The lowest BCUT2D eigenvalue weighted by molar-refractivity contribution is -0.123. The van der Waals surface area contributed by atoms with E-state index in [1.165, 1.54) is 4.90 Å². The zero-order valence-corrected chi connectivity index (χ0v) is 19.6. The Hall–Kier alpha value is -2.25. The van der Waals surface area contributed by atoms with Gasteiger partial charge in [0, 0.05) is 4.47 Å². The average Bonchev–Trinajstić information content (AvgIpc) is 2.95. The number of hydrogen-bond donors (Lipinski definition) is 0. The lowest BCUT2D eigenvalue weighted by Crippen LogP contribution is -2.27. The monoisotopic (exact) mass is 489 g/mol. The first kappa shape index (κ1) is 22.4. The fourth-order valence-corrected chi connectivity index (χ4v) is 4.15. The van der Waals surface area contributed by atoms with Crippen molar-refractivity contribution in [1.82, 2.24) is 4.90 Å². The van der Waals surface area contributed by atoms with Crippen LogP contribution in [0.4, 0.5) is 4.79 Å². The molecular weight excluding hydrogens is 466 g/mol. The third-order valence-electron chi connectivity index (χ3n) is 4.24.